The Morgan fingerprint density at radius 2 is 2.07 bits per heavy atom. The summed E-state index contributed by atoms with van der Waals surface area (Å²) < 4.78 is 0. The highest BCUT2D eigenvalue weighted by Crippen LogP contribution is 2.14. The summed E-state index contributed by atoms with van der Waals surface area (Å²) in [7, 11) is 0. The van der Waals surface area contributed by atoms with Gasteiger partial charge in [0, 0.05) is 0 Å². The van der Waals surface area contributed by atoms with Crippen molar-refractivity contribution in [1.29, 1.82) is 0 Å². The maximum Gasteiger partial charge on any atom is 0.306 e. The fourth-order valence-corrected chi connectivity index (χ4v) is 1.26. The highest BCUT2D eigenvalue weighted by atomic mass is 16.4. The minimum Gasteiger partial charge on any atom is -0.481 e. The van der Waals surface area contributed by atoms with Crippen LogP contribution in [0.15, 0.2) is 11.6 Å². The van der Waals surface area contributed by atoms with Gasteiger partial charge in [-0.3, -0.25) is 4.79 Å². The van der Waals surface area contributed by atoms with Gasteiger partial charge in [0.2, 0.25) is 0 Å². The molecule has 0 bridgehead atoms. The Hall–Kier alpha value is -0.830. The molecule has 0 heterocycles. The van der Waals surface area contributed by atoms with Crippen molar-refractivity contribution in [1.82, 2.24) is 0 Å². The van der Waals surface area contributed by atoms with Crippen molar-refractivity contribution in [2.75, 3.05) is 6.54 Å². The lowest BCUT2D eigenvalue weighted by atomic mass is 9.97. The predicted octanol–water partition coefficient (Wildman–Crippen LogP) is 2.17. The molecule has 3 nitrogen and oxygen atoms in total. The highest BCUT2D eigenvalue weighted by molar-refractivity contribution is 5.70. The predicted molar refractivity (Wildman–Crippen MR) is 58.1 cm³/mol. The van der Waals surface area contributed by atoms with Gasteiger partial charge in [-0.2, -0.15) is 0 Å². The largest absolute Gasteiger partial charge is 0.481 e. The molecule has 82 valence electrons. The summed E-state index contributed by atoms with van der Waals surface area (Å²) in [5.41, 5.74) is 6.53. The second kappa shape index (κ2) is 7.56. The molecule has 0 aromatic carbocycles. The van der Waals surface area contributed by atoms with Crippen LogP contribution in [0.2, 0.25) is 0 Å². The second-order valence-electron chi connectivity index (χ2n) is 3.84. The van der Waals surface area contributed by atoms with Gasteiger partial charge in [-0.15, -0.1) is 0 Å². The Morgan fingerprint density at radius 1 is 1.43 bits per heavy atom. The fraction of sp³-hybridized carbons (Fsp3) is 0.727. The minimum atomic E-state index is -0.695. The standard InChI is InChI=1S/C11H21NO2/c1-9(2)6-7-10(11(13)14)5-3-4-8-12/h6,10H,3-5,7-8,12H2,1-2H3,(H,13,14). The summed E-state index contributed by atoms with van der Waals surface area (Å²) in [5.74, 6) is -0.934. The monoisotopic (exact) mass is 199 g/mol. The lowest BCUT2D eigenvalue weighted by Gasteiger charge is -2.09. The van der Waals surface area contributed by atoms with Crippen LogP contribution in [0.5, 0.6) is 0 Å². The van der Waals surface area contributed by atoms with Crippen LogP contribution in [0, 0.1) is 5.92 Å². The molecular formula is C11H21NO2. The van der Waals surface area contributed by atoms with E-state index in [2.05, 4.69) is 0 Å². The Balaban J connectivity index is 3.90. The average Bonchev–Trinajstić information content (AvgIpc) is 2.10. The number of carboxylic acids is 1. The van der Waals surface area contributed by atoms with Crippen LogP contribution in [0.1, 0.15) is 39.5 Å². The number of allylic oxidation sites excluding steroid dienone is 2. The molecule has 0 fully saturated rings. The molecule has 3 N–H and O–H groups in total. The number of carbonyl (C=O) groups is 1. The summed E-state index contributed by atoms with van der Waals surface area (Å²) in [5, 5.41) is 8.92. The van der Waals surface area contributed by atoms with Crippen molar-refractivity contribution in [2.45, 2.75) is 39.5 Å². The highest BCUT2D eigenvalue weighted by Gasteiger charge is 2.14. The summed E-state index contributed by atoms with van der Waals surface area (Å²) in [6.07, 6.45) is 5.18. The van der Waals surface area contributed by atoms with Crippen LogP contribution in [0.4, 0.5) is 0 Å². The lowest BCUT2D eigenvalue weighted by molar-refractivity contribution is -0.141. The zero-order valence-electron chi connectivity index (χ0n) is 9.12. The Kier molecular flexibility index (Phi) is 7.11. The molecule has 14 heavy (non-hydrogen) atoms. The van der Waals surface area contributed by atoms with Crippen molar-refractivity contribution < 1.29 is 9.90 Å². The molecule has 0 amide bonds. The molecule has 1 atom stereocenters. The summed E-state index contributed by atoms with van der Waals surface area (Å²) >= 11 is 0. The Bertz CT molecular complexity index is 195. The van der Waals surface area contributed by atoms with E-state index in [0.717, 1.165) is 19.3 Å². The Morgan fingerprint density at radius 3 is 2.50 bits per heavy atom. The molecule has 0 aliphatic carbocycles. The number of rotatable bonds is 7. The zero-order chi connectivity index (χ0) is 11.0. The molecule has 0 radical (unpaired) electrons. The van der Waals surface area contributed by atoms with Gasteiger partial charge in [0.05, 0.1) is 5.92 Å². The number of aliphatic carboxylic acids is 1. The van der Waals surface area contributed by atoms with E-state index in [4.69, 9.17) is 10.8 Å². The van der Waals surface area contributed by atoms with E-state index in [9.17, 15) is 4.79 Å². The van der Waals surface area contributed by atoms with Crippen LogP contribution < -0.4 is 5.73 Å². The quantitative estimate of drug-likeness (QED) is 0.488. The smallest absolute Gasteiger partial charge is 0.306 e. The maximum atomic E-state index is 10.8. The zero-order valence-corrected chi connectivity index (χ0v) is 9.12. The fourth-order valence-electron chi connectivity index (χ4n) is 1.26. The molecule has 0 aliphatic heterocycles. The summed E-state index contributed by atoms with van der Waals surface area (Å²) in [6, 6.07) is 0. The topological polar surface area (TPSA) is 63.3 Å². The molecule has 0 spiro atoms. The van der Waals surface area contributed by atoms with Gasteiger partial charge in [0.1, 0.15) is 0 Å². The van der Waals surface area contributed by atoms with Crippen molar-refractivity contribution in [3.63, 3.8) is 0 Å². The molecule has 3 heteroatoms. The number of hydrogen-bond donors (Lipinski definition) is 2. The van der Waals surface area contributed by atoms with Crippen LogP contribution in [0.3, 0.4) is 0 Å². The molecule has 0 aromatic heterocycles. The first-order valence-corrected chi connectivity index (χ1v) is 5.14. The number of nitrogens with two attached hydrogens (primary N) is 1. The van der Waals surface area contributed by atoms with Crippen molar-refractivity contribution in [2.24, 2.45) is 11.7 Å². The van der Waals surface area contributed by atoms with Gasteiger partial charge in [-0.05, 0) is 39.7 Å². The molecule has 0 aliphatic rings. The van der Waals surface area contributed by atoms with Gasteiger partial charge in [-0.25, -0.2) is 0 Å². The normalized spacial score (nSPS) is 12.2. The van der Waals surface area contributed by atoms with Crippen LogP contribution in [-0.2, 0) is 4.79 Å². The first kappa shape index (κ1) is 13.2. The molecular weight excluding hydrogens is 178 g/mol. The number of unbranched alkanes of at least 4 members (excludes halogenated alkanes) is 1. The van der Waals surface area contributed by atoms with Gasteiger partial charge >= 0.3 is 5.97 Å². The van der Waals surface area contributed by atoms with Crippen LogP contribution >= 0.6 is 0 Å². The number of carboxylic acid groups (broad SMARTS) is 1. The maximum absolute atomic E-state index is 10.8. The lowest BCUT2D eigenvalue weighted by Crippen LogP contribution is -2.13. The first-order chi connectivity index (χ1) is 6.57. The van der Waals surface area contributed by atoms with Gasteiger partial charge in [0.15, 0.2) is 0 Å². The third kappa shape index (κ3) is 6.66. The molecule has 0 rings (SSSR count). The van der Waals surface area contributed by atoms with E-state index in [0.29, 0.717) is 13.0 Å². The molecule has 0 saturated carbocycles. The molecule has 0 saturated heterocycles. The minimum absolute atomic E-state index is 0.239. The molecule has 1 unspecified atom stereocenters. The van der Waals surface area contributed by atoms with Crippen LogP contribution in [0.25, 0.3) is 0 Å². The van der Waals surface area contributed by atoms with Gasteiger partial charge in [-0.1, -0.05) is 18.1 Å². The van der Waals surface area contributed by atoms with E-state index >= 15 is 0 Å². The first-order valence-electron chi connectivity index (χ1n) is 5.14. The van der Waals surface area contributed by atoms with Crippen molar-refractivity contribution in [3.05, 3.63) is 11.6 Å². The van der Waals surface area contributed by atoms with E-state index in [1.807, 2.05) is 19.9 Å². The van der Waals surface area contributed by atoms with Crippen molar-refractivity contribution in [3.8, 4) is 0 Å². The number of hydrogen-bond acceptors (Lipinski definition) is 2. The van der Waals surface area contributed by atoms with Gasteiger partial charge < -0.3 is 10.8 Å². The Labute approximate surface area is 86.0 Å². The average molecular weight is 199 g/mol. The SMILES string of the molecule is CC(C)=CCC(CCCCN)C(=O)O. The van der Waals surface area contributed by atoms with E-state index in [1.54, 1.807) is 0 Å². The third-order valence-electron chi connectivity index (χ3n) is 2.17. The van der Waals surface area contributed by atoms with Crippen LogP contribution in [-0.4, -0.2) is 17.6 Å². The molecule has 0 aromatic rings. The van der Waals surface area contributed by atoms with E-state index < -0.39 is 5.97 Å². The summed E-state index contributed by atoms with van der Waals surface area (Å²) in [6.45, 7) is 4.62. The summed E-state index contributed by atoms with van der Waals surface area (Å²) in [4.78, 5) is 10.8. The van der Waals surface area contributed by atoms with Gasteiger partial charge in [0.25, 0.3) is 0 Å². The van der Waals surface area contributed by atoms with Crippen molar-refractivity contribution >= 4 is 5.97 Å². The second-order valence-corrected chi connectivity index (χ2v) is 3.84. The van der Waals surface area contributed by atoms with E-state index in [1.165, 1.54) is 5.57 Å². The van der Waals surface area contributed by atoms with E-state index in [-0.39, 0.29) is 5.92 Å². The third-order valence-corrected chi connectivity index (χ3v) is 2.17.